The van der Waals surface area contributed by atoms with Crippen molar-refractivity contribution in [1.82, 2.24) is 9.80 Å². The predicted octanol–water partition coefficient (Wildman–Crippen LogP) is 0.722. The molecule has 0 aromatic carbocycles. The van der Waals surface area contributed by atoms with Crippen molar-refractivity contribution in [3.8, 4) is 0 Å². The second-order valence-electron chi connectivity index (χ2n) is 6.54. The highest BCUT2D eigenvalue weighted by molar-refractivity contribution is 5.89. The first kappa shape index (κ1) is 15.3. The zero-order chi connectivity index (χ0) is 14.7. The van der Waals surface area contributed by atoms with Crippen molar-refractivity contribution < 1.29 is 14.7 Å². The number of aliphatic hydroxyl groups excluding tert-OH is 1. The molecule has 2 amide bonds. The number of nitrogens with zero attached hydrogens (tertiary/aromatic N) is 2. The Balaban J connectivity index is 1.86. The monoisotopic (exact) mass is 282 g/mol. The summed E-state index contributed by atoms with van der Waals surface area (Å²) in [6.45, 7) is 7.15. The van der Waals surface area contributed by atoms with E-state index in [4.69, 9.17) is 5.11 Å². The number of hydrogen-bond acceptors (Lipinski definition) is 3. The van der Waals surface area contributed by atoms with Gasteiger partial charge in [-0.3, -0.25) is 9.59 Å². The van der Waals surface area contributed by atoms with Crippen LogP contribution >= 0.6 is 0 Å². The normalized spacial score (nSPS) is 24.8. The molecule has 1 unspecified atom stereocenters. The van der Waals surface area contributed by atoms with E-state index in [1.165, 1.54) is 0 Å². The van der Waals surface area contributed by atoms with E-state index in [0.29, 0.717) is 24.8 Å². The van der Waals surface area contributed by atoms with Crippen LogP contribution in [0.4, 0.5) is 0 Å². The van der Waals surface area contributed by atoms with Gasteiger partial charge in [-0.2, -0.15) is 0 Å². The molecular formula is C15H26N2O3. The molecule has 5 heteroatoms. The minimum absolute atomic E-state index is 0.113. The number of amides is 2. The van der Waals surface area contributed by atoms with Gasteiger partial charge in [0.05, 0.1) is 5.92 Å². The minimum Gasteiger partial charge on any atom is -0.396 e. The molecule has 0 bridgehead atoms. The maximum atomic E-state index is 12.5. The van der Waals surface area contributed by atoms with Gasteiger partial charge >= 0.3 is 0 Å². The van der Waals surface area contributed by atoms with Crippen LogP contribution in [0.25, 0.3) is 0 Å². The summed E-state index contributed by atoms with van der Waals surface area (Å²) >= 11 is 0. The van der Waals surface area contributed by atoms with Gasteiger partial charge in [0.1, 0.15) is 0 Å². The molecule has 5 nitrogen and oxygen atoms in total. The fourth-order valence-corrected chi connectivity index (χ4v) is 3.15. The third-order valence-corrected chi connectivity index (χ3v) is 4.33. The maximum Gasteiger partial charge on any atom is 0.227 e. The van der Waals surface area contributed by atoms with Crippen molar-refractivity contribution >= 4 is 11.8 Å². The van der Waals surface area contributed by atoms with E-state index in [2.05, 4.69) is 13.8 Å². The summed E-state index contributed by atoms with van der Waals surface area (Å²) in [5, 5.41) is 9.13. The Kier molecular flexibility index (Phi) is 5.02. The van der Waals surface area contributed by atoms with Crippen LogP contribution in [0.1, 0.15) is 33.1 Å². The van der Waals surface area contributed by atoms with E-state index < -0.39 is 0 Å². The molecular weight excluding hydrogens is 256 g/mol. The van der Waals surface area contributed by atoms with Gasteiger partial charge in [0.15, 0.2) is 0 Å². The Morgan fingerprint density at radius 2 is 2.00 bits per heavy atom. The van der Waals surface area contributed by atoms with Gasteiger partial charge in [-0.15, -0.1) is 0 Å². The van der Waals surface area contributed by atoms with E-state index >= 15 is 0 Å². The van der Waals surface area contributed by atoms with Gasteiger partial charge in [-0.05, 0) is 24.7 Å². The third kappa shape index (κ3) is 3.51. The second-order valence-corrected chi connectivity index (χ2v) is 6.54. The summed E-state index contributed by atoms with van der Waals surface area (Å²) in [5.41, 5.74) is 0. The standard InChI is InChI=1S/C15H26N2O3/c1-11(2)8-17-9-13(7-14(17)19)15(20)16-5-3-12(10-18)4-6-16/h11-13,18H,3-10H2,1-2H3. The number of carbonyl (C=O) groups is 2. The lowest BCUT2D eigenvalue weighted by atomic mass is 9.96. The number of hydrogen-bond donors (Lipinski definition) is 1. The largest absolute Gasteiger partial charge is 0.396 e. The zero-order valence-electron chi connectivity index (χ0n) is 12.5. The highest BCUT2D eigenvalue weighted by Gasteiger charge is 2.37. The summed E-state index contributed by atoms with van der Waals surface area (Å²) in [4.78, 5) is 28.1. The van der Waals surface area contributed by atoms with Crippen molar-refractivity contribution in [2.75, 3.05) is 32.8 Å². The van der Waals surface area contributed by atoms with Crippen LogP contribution in [-0.4, -0.2) is 59.5 Å². The summed E-state index contributed by atoms with van der Waals surface area (Å²) in [6.07, 6.45) is 2.11. The molecule has 0 aromatic rings. The highest BCUT2D eigenvalue weighted by Crippen LogP contribution is 2.24. The number of piperidine rings is 1. The van der Waals surface area contributed by atoms with Gasteiger partial charge < -0.3 is 14.9 Å². The molecule has 114 valence electrons. The molecule has 2 rings (SSSR count). The SMILES string of the molecule is CC(C)CN1CC(C(=O)N2CCC(CO)CC2)CC1=O. The summed E-state index contributed by atoms with van der Waals surface area (Å²) in [7, 11) is 0. The van der Waals surface area contributed by atoms with Crippen LogP contribution in [0.2, 0.25) is 0 Å². The second kappa shape index (κ2) is 6.57. The molecule has 0 spiro atoms. The average Bonchev–Trinajstić information content (AvgIpc) is 2.79. The molecule has 2 aliphatic rings. The smallest absolute Gasteiger partial charge is 0.227 e. The van der Waals surface area contributed by atoms with E-state index in [0.717, 1.165) is 32.5 Å². The molecule has 2 saturated heterocycles. The molecule has 20 heavy (non-hydrogen) atoms. The van der Waals surface area contributed by atoms with Crippen LogP contribution in [0.5, 0.6) is 0 Å². The number of carbonyl (C=O) groups excluding carboxylic acids is 2. The Morgan fingerprint density at radius 1 is 1.35 bits per heavy atom. The first-order chi connectivity index (χ1) is 9.51. The van der Waals surface area contributed by atoms with Crippen LogP contribution in [-0.2, 0) is 9.59 Å². The van der Waals surface area contributed by atoms with Gasteiger partial charge in [0.25, 0.3) is 0 Å². The third-order valence-electron chi connectivity index (χ3n) is 4.33. The van der Waals surface area contributed by atoms with Crippen molar-refractivity contribution in [1.29, 1.82) is 0 Å². The average molecular weight is 282 g/mol. The first-order valence-corrected chi connectivity index (χ1v) is 7.68. The van der Waals surface area contributed by atoms with E-state index in [9.17, 15) is 9.59 Å². The first-order valence-electron chi connectivity index (χ1n) is 7.68. The van der Waals surface area contributed by atoms with Gasteiger partial charge in [0, 0.05) is 39.2 Å². The number of rotatable bonds is 4. The fraction of sp³-hybridized carbons (Fsp3) is 0.867. The quantitative estimate of drug-likeness (QED) is 0.826. The molecule has 0 radical (unpaired) electrons. The summed E-state index contributed by atoms with van der Waals surface area (Å²) < 4.78 is 0. The highest BCUT2D eigenvalue weighted by atomic mass is 16.3. The molecule has 0 aromatic heterocycles. The molecule has 2 fully saturated rings. The number of likely N-dealkylation sites (tertiary alicyclic amines) is 2. The summed E-state index contributed by atoms with van der Waals surface area (Å²) in [5.74, 6) is 0.852. The Labute approximate surface area is 120 Å². The fourth-order valence-electron chi connectivity index (χ4n) is 3.15. The Bertz CT molecular complexity index is 362. The molecule has 2 aliphatic heterocycles. The van der Waals surface area contributed by atoms with Crippen LogP contribution in [0.15, 0.2) is 0 Å². The van der Waals surface area contributed by atoms with Crippen molar-refractivity contribution in [3.63, 3.8) is 0 Å². The van der Waals surface area contributed by atoms with Gasteiger partial charge in [0.2, 0.25) is 11.8 Å². The minimum atomic E-state index is -0.160. The van der Waals surface area contributed by atoms with E-state index in [1.807, 2.05) is 9.80 Å². The predicted molar refractivity (Wildman–Crippen MR) is 75.9 cm³/mol. The number of aliphatic hydroxyl groups is 1. The molecule has 1 N–H and O–H groups in total. The molecule has 0 saturated carbocycles. The Morgan fingerprint density at radius 3 is 2.55 bits per heavy atom. The zero-order valence-corrected chi connectivity index (χ0v) is 12.5. The topological polar surface area (TPSA) is 60.9 Å². The van der Waals surface area contributed by atoms with Gasteiger partial charge in [-0.25, -0.2) is 0 Å². The van der Waals surface area contributed by atoms with E-state index in [1.54, 1.807) is 0 Å². The lowest BCUT2D eigenvalue weighted by Gasteiger charge is -2.32. The van der Waals surface area contributed by atoms with Crippen molar-refractivity contribution in [2.45, 2.75) is 33.1 Å². The van der Waals surface area contributed by atoms with Crippen LogP contribution in [0.3, 0.4) is 0 Å². The van der Waals surface area contributed by atoms with E-state index in [-0.39, 0.29) is 24.3 Å². The summed E-state index contributed by atoms with van der Waals surface area (Å²) in [6, 6.07) is 0. The van der Waals surface area contributed by atoms with Crippen LogP contribution in [0, 0.1) is 17.8 Å². The lowest BCUT2D eigenvalue weighted by molar-refractivity contribution is -0.137. The van der Waals surface area contributed by atoms with Crippen LogP contribution < -0.4 is 0 Å². The molecule has 2 heterocycles. The van der Waals surface area contributed by atoms with Crippen molar-refractivity contribution in [3.05, 3.63) is 0 Å². The molecule has 0 aliphatic carbocycles. The van der Waals surface area contributed by atoms with Crippen molar-refractivity contribution in [2.24, 2.45) is 17.8 Å². The lowest BCUT2D eigenvalue weighted by Crippen LogP contribution is -2.43. The van der Waals surface area contributed by atoms with Gasteiger partial charge in [-0.1, -0.05) is 13.8 Å². The Hall–Kier alpha value is -1.10. The maximum absolute atomic E-state index is 12.5. The molecule has 1 atom stereocenters.